The lowest BCUT2D eigenvalue weighted by molar-refractivity contribution is 0.102. The van der Waals surface area contributed by atoms with Gasteiger partial charge >= 0.3 is 0 Å². The number of rotatable bonds is 5. The number of ether oxygens (including phenoxy) is 1. The number of nitrogens with one attached hydrogen (secondary N) is 2. The van der Waals surface area contributed by atoms with Crippen LogP contribution in [0.5, 0.6) is 5.75 Å². The normalized spacial score (nSPS) is 15.4. The van der Waals surface area contributed by atoms with Crippen molar-refractivity contribution in [2.24, 2.45) is 11.3 Å². The molecule has 1 heterocycles. The van der Waals surface area contributed by atoms with Crippen molar-refractivity contribution in [3.05, 3.63) is 75.9 Å². The molecule has 0 fully saturated rings. The van der Waals surface area contributed by atoms with Crippen LogP contribution in [0.4, 0.5) is 15.1 Å². The second-order valence-electron chi connectivity index (χ2n) is 9.60. The number of benzene rings is 2. The van der Waals surface area contributed by atoms with Crippen molar-refractivity contribution in [2.75, 3.05) is 17.7 Å². The molecule has 0 bridgehead atoms. The number of carbonyl (C=O) groups excluding carboxylic acids is 2. The molecule has 178 valence electrons. The second-order valence-corrected chi connectivity index (χ2v) is 10.7. The number of halogens is 1. The first-order valence-corrected chi connectivity index (χ1v) is 12.2. The van der Waals surface area contributed by atoms with Gasteiger partial charge in [0.25, 0.3) is 11.8 Å². The van der Waals surface area contributed by atoms with Crippen molar-refractivity contribution in [1.29, 1.82) is 0 Å². The molecule has 7 heteroatoms. The molecular formula is C27H29FN2O3S. The quantitative estimate of drug-likeness (QED) is 0.435. The van der Waals surface area contributed by atoms with Gasteiger partial charge in [0.2, 0.25) is 0 Å². The van der Waals surface area contributed by atoms with Crippen LogP contribution in [0.15, 0.2) is 48.5 Å². The Kier molecular flexibility index (Phi) is 6.75. The number of para-hydroxylation sites is 2. The summed E-state index contributed by atoms with van der Waals surface area (Å²) in [5.74, 6) is -0.479. The van der Waals surface area contributed by atoms with E-state index in [0.29, 0.717) is 27.9 Å². The van der Waals surface area contributed by atoms with E-state index in [1.165, 1.54) is 29.5 Å². The topological polar surface area (TPSA) is 67.4 Å². The van der Waals surface area contributed by atoms with E-state index in [9.17, 15) is 14.0 Å². The molecule has 3 aromatic rings. The summed E-state index contributed by atoms with van der Waals surface area (Å²) in [4.78, 5) is 27.5. The summed E-state index contributed by atoms with van der Waals surface area (Å²) in [5.41, 5.74) is 2.03. The Morgan fingerprint density at radius 2 is 1.74 bits per heavy atom. The first kappa shape index (κ1) is 24.0. The Morgan fingerprint density at radius 3 is 2.44 bits per heavy atom. The first-order valence-electron chi connectivity index (χ1n) is 11.3. The van der Waals surface area contributed by atoms with E-state index in [1.807, 2.05) is 12.1 Å². The molecule has 2 aromatic carbocycles. The lowest BCUT2D eigenvalue weighted by atomic mass is 9.72. The van der Waals surface area contributed by atoms with Crippen molar-refractivity contribution >= 4 is 33.8 Å². The second kappa shape index (κ2) is 9.58. The molecule has 1 aromatic heterocycles. The van der Waals surface area contributed by atoms with Crippen LogP contribution in [0.3, 0.4) is 0 Å². The van der Waals surface area contributed by atoms with Crippen LogP contribution in [-0.2, 0) is 12.8 Å². The average molecular weight is 481 g/mol. The number of methoxy groups -OCH3 is 1. The molecule has 4 rings (SSSR count). The van der Waals surface area contributed by atoms with Gasteiger partial charge in [-0.3, -0.25) is 9.59 Å². The predicted octanol–water partition coefficient (Wildman–Crippen LogP) is 6.55. The maximum Gasteiger partial charge on any atom is 0.259 e. The molecule has 2 N–H and O–H groups in total. The molecule has 0 aliphatic heterocycles. The molecule has 2 amide bonds. The lowest BCUT2D eigenvalue weighted by Gasteiger charge is -2.33. The fraction of sp³-hybridized carbons (Fsp3) is 0.333. The monoisotopic (exact) mass is 480 g/mol. The molecule has 1 atom stereocenters. The fourth-order valence-electron chi connectivity index (χ4n) is 4.40. The summed E-state index contributed by atoms with van der Waals surface area (Å²) >= 11 is 1.41. The van der Waals surface area contributed by atoms with Crippen LogP contribution in [0, 0.1) is 17.2 Å². The minimum Gasteiger partial charge on any atom is -0.495 e. The predicted molar refractivity (Wildman–Crippen MR) is 135 cm³/mol. The highest BCUT2D eigenvalue weighted by atomic mass is 32.1. The summed E-state index contributed by atoms with van der Waals surface area (Å²) in [6, 6.07) is 13.0. The Morgan fingerprint density at radius 1 is 1.03 bits per heavy atom. The number of hydrogen-bond acceptors (Lipinski definition) is 4. The van der Waals surface area contributed by atoms with Crippen LogP contribution in [0.25, 0.3) is 0 Å². The third kappa shape index (κ3) is 4.85. The summed E-state index contributed by atoms with van der Waals surface area (Å²) in [6.07, 6.45) is 2.55. The molecule has 0 saturated carbocycles. The van der Waals surface area contributed by atoms with E-state index >= 15 is 0 Å². The van der Waals surface area contributed by atoms with Gasteiger partial charge in [-0.25, -0.2) is 4.39 Å². The van der Waals surface area contributed by atoms with E-state index < -0.39 is 11.7 Å². The number of amides is 2. The van der Waals surface area contributed by atoms with Gasteiger partial charge in [-0.2, -0.15) is 0 Å². The minimum absolute atomic E-state index is 0.0578. The van der Waals surface area contributed by atoms with Crippen LogP contribution >= 0.6 is 11.3 Å². The maximum atomic E-state index is 14.2. The lowest BCUT2D eigenvalue weighted by Crippen LogP contribution is -2.27. The average Bonchev–Trinajstić information content (AvgIpc) is 3.16. The van der Waals surface area contributed by atoms with Gasteiger partial charge < -0.3 is 15.4 Å². The van der Waals surface area contributed by atoms with Crippen molar-refractivity contribution in [2.45, 2.75) is 40.0 Å². The Bertz CT molecular complexity index is 1230. The Balaban J connectivity index is 1.71. The molecule has 0 unspecified atom stereocenters. The Hall–Kier alpha value is -3.19. The largest absolute Gasteiger partial charge is 0.495 e. The van der Waals surface area contributed by atoms with Crippen LogP contribution in [0.2, 0.25) is 0 Å². The van der Waals surface area contributed by atoms with Gasteiger partial charge in [-0.1, -0.05) is 45.0 Å². The zero-order valence-corrected chi connectivity index (χ0v) is 20.6. The van der Waals surface area contributed by atoms with Crippen molar-refractivity contribution < 1.29 is 18.7 Å². The van der Waals surface area contributed by atoms with Crippen molar-refractivity contribution in [3.8, 4) is 5.75 Å². The van der Waals surface area contributed by atoms with Gasteiger partial charge in [0, 0.05) is 4.88 Å². The summed E-state index contributed by atoms with van der Waals surface area (Å²) < 4.78 is 19.6. The summed E-state index contributed by atoms with van der Waals surface area (Å²) in [7, 11) is 1.55. The highest BCUT2D eigenvalue weighted by Gasteiger charge is 2.34. The van der Waals surface area contributed by atoms with E-state index in [4.69, 9.17) is 4.74 Å². The first-order chi connectivity index (χ1) is 16.2. The Labute approximate surface area is 203 Å². The molecule has 1 aliphatic carbocycles. The number of fused-ring (bicyclic) bond motifs is 1. The standard InChI is InChI=1S/C27H29FN2O3S/c1-27(2,3)16-13-14-18-22(15-16)34-26(30-24(31)17-9-5-6-10-19(17)28)23(18)25(32)29-20-11-7-8-12-21(20)33-4/h5-12,16H,13-15H2,1-4H3,(H,29,32)(H,30,31)/t16-/m1/s1. The molecule has 34 heavy (non-hydrogen) atoms. The van der Waals surface area contributed by atoms with Crippen LogP contribution in [-0.4, -0.2) is 18.9 Å². The molecule has 1 aliphatic rings. The van der Waals surface area contributed by atoms with Gasteiger partial charge in [0.05, 0.1) is 23.9 Å². The van der Waals surface area contributed by atoms with E-state index in [-0.39, 0.29) is 16.9 Å². The zero-order valence-electron chi connectivity index (χ0n) is 19.8. The molecule has 0 saturated heterocycles. The summed E-state index contributed by atoms with van der Waals surface area (Å²) in [6.45, 7) is 6.69. The third-order valence-electron chi connectivity index (χ3n) is 6.42. The van der Waals surface area contributed by atoms with Crippen molar-refractivity contribution in [1.82, 2.24) is 0 Å². The number of carbonyl (C=O) groups is 2. The highest BCUT2D eigenvalue weighted by molar-refractivity contribution is 7.17. The fourth-order valence-corrected chi connectivity index (χ4v) is 5.72. The van der Waals surface area contributed by atoms with Gasteiger partial charge in [-0.05, 0) is 60.4 Å². The molecule has 5 nitrogen and oxygen atoms in total. The van der Waals surface area contributed by atoms with Gasteiger partial charge in [0.15, 0.2) is 0 Å². The molecule has 0 spiro atoms. The smallest absolute Gasteiger partial charge is 0.259 e. The molecule has 0 radical (unpaired) electrons. The zero-order chi connectivity index (χ0) is 24.5. The highest BCUT2D eigenvalue weighted by Crippen LogP contribution is 2.44. The van der Waals surface area contributed by atoms with Crippen LogP contribution in [0.1, 0.15) is 58.3 Å². The third-order valence-corrected chi connectivity index (χ3v) is 7.59. The van der Waals surface area contributed by atoms with E-state index in [0.717, 1.165) is 29.7 Å². The van der Waals surface area contributed by atoms with Gasteiger partial charge in [-0.15, -0.1) is 11.3 Å². The van der Waals surface area contributed by atoms with Crippen molar-refractivity contribution in [3.63, 3.8) is 0 Å². The van der Waals surface area contributed by atoms with E-state index in [2.05, 4.69) is 31.4 Å². The van der Waals surface area contributed by atoms with Gasteiger partial charge in [0.1, 0.15) is 16.6 Å². The number of anilines is 2. The molecular weight excluding hydrogens is 451 g/mol. The SMILES string of the molecule is COc1ccccc1NC(=O)c1c(NC(=O)c2ccccc2F)sc2c1CC[C@@H](C(C)(C)C)C2. The number of hydrogen-bond donors (Lipinski definition) is 2. The van der Waals surface area contributed by atoms with E-state index in [1.54, 1.807) is 25.3 Å². The van der Waals surface area contributed by atoms with Crippen LogP contribution < -0.4 is 15.4 Å². The number of thiophene rings is 1. The maximum absolute atomic E-state index is 14.2. The minimum atomic E-state index is -0.603. The summed E-state index contributed by atoms with van der Waals surface area (Å²) in [5, 5.41) is 6.20.